The molecule has 2 aromatic carbocycles. The van der Waals surface area contributed by atoms with E-state index in [4.69, 9.17) is 9.47 Å². The second-order valence-electron chi connectivity index (χ2n) is 9.64. The molecule has 0 spiro atoms. The fourth-order valence-electron chi connectivity index (χ4n) is 4.22. The first-order valence-electron chi connectivity index (χ1n) is 12.5. The molecule has 0 saturated carbocycles. The number of ether oxygens (including phenoxy) is 2. The van der Waals surface area contributed by atoms with E-state index in [-0.39, 0.29) is 12.1 Å². The molecule has 0 aliphatic carbocycles. The van der Waals surface area contributed by atoms with E-state index in [1.807, 2.05) is 42.5 Å². The highest BCUT2D eigenvalue weighted by Gasteiger charge is 2.30. The Morgan fingerprint density at radius 3 is 2.54 bits per heavy atom. The number of carbonyl (C=O) groups is 1. The standard InChI is InChI=1S/C27H29F3N6O3/c1-16(2)36-11-10-20(13-24(36)34-26(37)39-21-14-31-15-21)38-19-8-9-23-22(12-19)33-25(35(23)3)32-18-6-4-17(5-7-18)27(28,29)30/h4-10,12-13,16,21,31H,11,14-15H2,1-3H3,(H,32,33)(H,34,37). The van der Waals surface area contributed by atoms with Crippen molar-refractivity contribution >= 4 is 28.8 Å². The molecule has 1 amide bonds. The maximum absolute atomic E-state index is 12.9. The highest BCUT2D eigenvalue weighted by molar-refractivity contribution is 5.81. The summed E-state index contributed by atoms with van der Waals surface area (Å²) in [5.74, 6) is 2.16. The summed E-state index contributed by atoms with van der Waals surface area (Å²) in [6.45, 7) is 5.89. The van der Waals surface area contributed by atoms with Crippen LogP contribution in [-0.2, 0) is 18.0 Å². The number of aromatic nitrogens is 2. The normalized spacial score (nSPS) is 16.0. The average Bonchev–Trinajstić information content (AvgIpc) is 3.15. The number of fused-ring (bicyclic) bond motifs is 1. The van der Waals surface area contributed by atoms with Gasteiger partial charge < -0.3 is 29.6 Å². The Hall–Kier alpha value is -4.19. The van der Waals surface area contributed by atoms with Crippen molar-refractivity contribution in [3.8, 4) is 5.75 Å². The van der Waals surface area contributed by atoms with Crippen LogP contribution >= 0.6 is 0 Å². The van der Waals surface area contributed by atoms with E-state index in [2.05, 4.69) is 20.9 Å². The summed E-state index contributed by atoms with van der Waals surface area (Å²) in [5.41, 5.74) is 1.22. The number of imidazole rings is 1. The van der Waals surface area contributed by atoms with E-state index in [1.165, 1.54) is 12.1 Å². The van der Waals surface area contributed by atoms with E-state index in [1.54, 1.807) is 18.2 Å². The van der Waals surface area contributed by atoms with Crippen LogP contribution in [-0.4, -0.2) is 52.3 Å². The monoisotopic (exact) mass is 542 g/mol. The minimum atomic E-state index is -4.39. The molecule has 206 valence electrons. The number of rotatable bonds is 7. The van der Waals surface area contributed by atoms with Gasteiger partial charge in [0.25, 0.3) is 0 Å². The van der Waals surface area contributed by atoms with Crippen LogP contribution in [0.4, 0.5) is 29.6 Å². The van der Waals surface area contributed by atoms with Gasteiger partial charge in [0.2, 0.25) is 5.95 Å². The Kier molecular flexibility index (Phi) is 7.13. The van der Waals surface area contributed by atoms with Crippen molar-refractivity contribution in [3.05, 3.63) is 71.8 Å². The molecule has 0 radical (unpaired) electrons. The molecule has 0 unspecified atom stereocenters. The minimum absolute atomic E-state index is 0.128. The van der Waals surface area contributed by atoms with Crippen LogP contribution in [0.3, 0.4) is 0 Å². The summed E-state index contributed by atoms with van der Waals surface area (Å²) in [5, 5.41) is 8.96. The maximum Gasteiger partial charge on any atom is 0.416 e. The van der Waals surface area contributed by atoms with Crippen LogP contribution in [0.25, 0.3) is 11.0 Å². The number of nitrogens with one attached hydrogen (secondary N) is 3. The number of alkyl carbamates (subject to hydrolysis) is 1. The Morgan fingerprint density at radius 2 is 1.90 bits per heavy atom. The lowest BCUT2D eigenvalue weighted by atomic mass is 10.2. The number of nitrogens with zero attached hydrogens (tertiary/aromatic N) is 3. The number of hydrogen-bond donors (Lipinski definition) is 3. The molecule has 3 heterocycles. The molecule has 1 saturated heterocycles. The molecule has 0 bridgehead atoms. The van der Waals surface area contributed by atoms with Gasteiger partial charge in [-0.3, -0.25) is 5.32 Å². The van der Waals surface area contributed by atoms with Crippen molar-refractivity contribution in [2.24, 2.45) is 7.05 Å². The highest BCUT2D eigenvalue weighted by atomic mass is 19.4. The number of aryl methyl sites for hydroxylation is 1. The molecule has 3 N–H and O–H groups in total. The maximum atomic E-state index is 12.9. The van der Waals surface area contributed by atoms with Gasteiger partial charge in [-0.1, -0.05) is 0 Å². The molecule has 3 aromatic rings. The van der Waals surface area contributed by atoms with E-state index < -0.39 is 17.8 Å². The molecule has 2 aliphatic rings. The van der Waals surface area contributed by atoms with E-state index in [0.717, 1.165) is 17.6 Å². The largest absolute Gasteiger partial charge is 0.457 e. The second kappa shape index (κ2) is 10.5. The fourth-order valence-corrected chi connectivity index (χ4v) is 4.22. The molecule has 9 nitrogen and oxygen atoms in total. The van der Waals surface area contributed by atoms with Crippen molar-refractivity contribution in [1.29, 1.82) is 0 Å². The number of allylic oxidation sites excluding steroid dienone is 1. The lowest BCUT2D eigenvalue weighted by Crippen LogP contribution is -2.51. The first-order chi connectivity index (χ1) is 18.6. The molecule has 12 heteroatoms. The molecular formula is C27H29F3N6O3. The zero-order valence-electron chi connectivity index (χ0n) is 21.7. The van der Waals surface area contributed by atoms with Gasteiger partial charge in [0.05, 0.1) is 16.6 Å². The number of hydrogen-bond acceptors (Lipinski definition) is 7. The Bertz CT molecular complexity index is 1430. The molecule has 5 rings (SSSR count). The van der Waals surface area contributed by atoms with Gasteiger partial charge in [-0.05, 0) is 56.3 Å². The Morgan fingerprint density at radius 1 is 1.15 bits per heavy atom. The van der Waals surface area contributed by atoms with Gasteiger partial charge in [-0.2, -0.15) is 13.2 Å². The van der Waals surface area contributed by atoms with Crippen LogP contribution in [0.1, 0.15) is 19.4 Å². The summed E-state index contributed by atoms with van der Waals surface area (Å²) in [6, 6.07) is 10.4. The Balaban J connectivity index is 1.30. The van der Waals surface area contributed by atoms with Gasteiger partial charge in [-0.15, -0.1) is 0 Å². The number of alkyl halides is 3. The van der Waals surface area contributed by atoms with Crippen LogP contribution in [0.15, 0.2) is 66.2 Å². The van der Waals surface area contributed by atoms with Gasteiger partial charge in [0.15, 0.2) is 0 Å². The smallest absolute Gasteiger partial charge is 0.416 e. The number of anilines is 2. The number of halogens is 3. The summed E-state index contributed by atoms with van der Waals surface area (Å²) in [6.07, 6.45) is -1.35. The van der Waals surface area contributed by atoms with E-state index in [0.29, 0.717) is 54.1 Å². The first kappa shape index (κ1) is 26.4. The van der Waals surface area contributed by atoms with Crippen LogP contribution in [0.5, 0.6) is 5.75 Å². The van der Waals surface area contributed by atoms with E-state index in [9.17, 15) is 18.0 Å². The molecule has 2 aliphatic heterocycles. The van der Waals surface area contributed by atoms with Crippen LogP contribution in [0.2, 0.25) is 0 Å². The van der Waals surface area contributed by atoms with E-state index >= 15 is 0 Å². The molecule has 1 fully saturated rings. The van der Waals surface area contributed by atoms with Crippen LogP contribution < -0.4 is 20.7 Å². The van der Waals surface area contributed by atoms with Crippen molar-refractivity contribution in [2.75, 3.05) is 25.0 Å². The van der Waals surface area contributed by atoms with Gasteiger partial charge in [0.1, 0.15) is 23.4 Å². The number of carbonyl (C=O) groups excluding carboxylic acids is 1. The third kappa shape index (κ3) is 5.95. The molecular weight excluding hydrogens is 513 g/mol. The zero-order valence-corrected chi connectivity index (χ0v) is 21.7. The quantitative estimate of drug-likeness (QED) is 0.393. The zero-order chi connectivity index (χ0) is 27.7. The fraction of sp³-hybridized carbons (Fsp3) is 0.333. The van der Waals surface area contributed by atoms with Crippen LogP contribution in [0, 0.1) is 0 Å². The van der Waals surface area contributed by atoms with Crippen molar-refractivity contribution < 1.29 is 27.4 Å². The first-order valence-corrected chi connectivity index (χ1v) is 12.5. The lowest BCUT2D eigenvalue weighted by Gasteiger charge is -2.34. The topological polar surface area (TPSA) is 92.7 Å². The SMILES string of the molecule is CC(C)N1CC=C(Oc2ccc3c(c2)nc(Nc2ccc(C(F)(F)F)cc2)n3C)C=C1NC(=O)OC1CNC1. The second-order valence-corrected chi connectivity index (χ2v) is 9.64. The molecule has 1 aromatic heterocycles. The third-order valence-electron chi connectivity index (χ3n) is 6.51. The molecule has 39 heavy (non-hydrogen) atoms. The lowest BCUT2D eigenvalue weighted by molar-refractivity contribution is -0.137. The van der Waals surface area contributed by atoms with Crippen molar-refractivity contribution in [2.45, 2.75) is 32.2 Å². The van der Waals surface area contributed by atoms with Gasteiger partial charge in [-0.25, -0.2) is 9.78 Å². The summed E-state index contributed by atoms with van der Waals surface area (Å²) in [7, 11) is 1.81. The van der Waals surface area contributed by atoms with Crippen molar-refractivity contribution in [3.63, 3.8) is 0 Å². The van der Waals surface area contributed by atoms with Gasteiger partial charge in [0, 0.05) is 50.6 Å². The summed E-state index contributed by atoms with van der Waals surface area (Å²) >= 11 is 0. The predicted octanol–water partition coefficient (Wildman–Crippen LogP) is 4.86. The van der Waals surface area contributed by atoms with Crippen molar-refractivity contribution in [1.82, 2.24) is 25.1 Å². The average molecular weight is 543 g/mol. The number of benzene rings is 2. The summed E-state index contributed by atoms with van der Waals surface area (Å²) in [4.78, 5) is 19.0. The Labute approximate surface area is 223 Å². The summed E-state index contributed by atoms with van der Waals surface area (Å²) < 4.78 is 51.9. The number of amides is 1. The minimum Gasteiger partial charge on any atom is -0.457 e. The highest BCUT2D eigenvalue weighted by Crippen LogP contribution is 2.31. The third-order valence-corrected chi connectivity index (χ3v) is 6.51. The van der Waals surface area contributed by atoms with Gasteiger partial charge >= 0.3 is 12.3 Å². The predicted molar refractivity (Wildman–Crippen MR) is 140 cm³/mol. The molecule has 0 atom stereocenters.